The van der Waals surface area contributed by atoms with Crippen molar-refractivity contribution < 1.29 is 0 Å². The zero-order valence-electron chi connectivity index (χ0n) is 19.9. The third-order valence-corrected chi connectivity index (χ3v) is 8.08. The normalized spacial score (nSPS) is 11.5. The van der Waals surface area contributed by atoms with Crippen molar-refractivity contribution in [1.29, 1.82) is 0 Å². The van der Waals surface area contributed by atoms with E-state index in [-0.39, 0.29) is 5.56 Å². The van der Waals surface area contributed by atoms with Gasteiger partial charge in [0, 0.05) is 18.2 Å². The number of thiazole rings is 1. The minimum atomic E-state index is -0.0614. The van der Waals surface area contributed by atoms with Crippen LogP contribution < -0.4 is 5.56 Å². The maximum atomic E-state index is 12.9. The molecule has 0 aliphatic carbocycles. The van der Waals surface area contributed by atoms with Crippen LogP contribution in [0.1, 0.15) is 28.2 Å². The summed E-state index contributed by atoms with van der Waals surface area (Å²) in [4.78, 5) is 18.5. The van der Waals surface area contributed by atoms with Gasteiger partial charge in [0.05, 0.1) is 21.6 Å². The number of thioether (sulfide) groups is 1. The van der Waals surface area contributed by atoms with Crippen molar-refractivity contribution in [2.24, 2.45) is 0 Å². The van der Waals surface area contributed by atoms with Crippen LogP contribution >= 0.6 is 23.1 Å². The summed E-state index contributed by atoms with van der Waals surface area (Å²) in [5.74, 6) is 1.40. The lowest BCUT2D eigenvalue weighted by Gasteiger charge is -2.13. The van der Waals surface area contributed by atoms with E-state index in [0.717, 1.165) is 38.1 Å². The Kier molecular flexibility index (Phi) is 5.91. The van der Waals surface area contributed by atoms with Crippen LogP contribution in [0.15, 0.2) is 88.8 Å². The molecule has 0 aliphatic heterocycles. The fourth-order valence-electron chi connectivity index (χ4n) is 4.42. The number of aromatic nitrogens is 5. The van der Waals surface area contributed by atoms with E-state index in [1.54, 1.807) is 22.2 Å². The average Bonchev–Trinajstić information content (AvgIpc) is 3.44. The second-order valence-electron chi connectivity index (χ2n) is 8.75. The molecule has 3 aromatic heterocycles. The van der Waals surface area contributed by atoms with E-state index < -0.39 is 0 Å². The SMILES string of the molecule is Cc1ccc(-n2c(Cc3ccccc3)nnc2SCc2cc(=O)n3c(n2)sc2ccccc23)c(C)c1. The summed E-state index contributed by atoms with van der Waals surface area (Å²) in [5, 5.41) is 9.91. The van der Waals surface area contributed by atoms with Gasteiger partial charge in [-0.15, -0.1) is 10.2 Å². The number of benzene rings is 3. The van der Waals surface area contributed by atoms with Gasteiger partial charge in [0.2, 0.25) is 0 Å². The van der Waals surface area contributed by atoms with Gasteiger partial charge < -0.3 is 0 Å². The summed E-state index contributed by atoms with van der Waals surface area (Å²) >= 11 is 3.08. The molecule has 0 radical (unpaired) electrons. The van der Waals surface area contributed by atoms with Crippen LogP contribution in [0.3, 0.4) is 0 Å². The zero-order valence-corrected chi connectivity index (χ0v) is 21.5. The molecule has 6 nitrogen and oxygen atoms in total. The predicted octanol–water partition coefficient (Wildman–Crippen LogP) is 5.99. The quantitative estimate of drug-likeness (QED) is 0.258. The van der Waals surface area contributed by atoms with Crippen LogP contribution in [0.5, 0.6) is 0 Å². The first kappa shape index (κ1) is 22.7. The lowest BCUT2D eigenvalue weighted by Crippen LogP contribution is -2.13. The molecular formula is C28H23N5OS2. The Morgan fingerprint density at radius 1 is 0.917 bits per heavy atom. The van der Waals surface area contributed by atoms with Gasteiger partial charge in [-0.25, -0.2) is 4.98 Å². The summed E-state index contributed by atoms with van der Waals surface area (Å²) in [6.07, 6.45) is 0.676. The summed E-state index contributed by atoms with van der Waals surface area (Å²) < 4.78 is 4.87. The van der Waals surface area contributed by atoms with E-state index in [1.165, 1.54) is 22.5 Å². The number of fused-ring (bicyclic) bond motifs is 3. The van der Waals surface area contributed by atoms with E-state index in [4.69, 9.17) is 4.98 Å². The fourth-order valence-corrected chi connectivity index (χ4v) is 6.33. The molecule has 8 heteroatoms. The highest BCUT2D eigenvalue weighted by molar-refractivity contribution is 7.98. The van der Waals surface area contributed by atoms with Crippen molar-refractivity contribution >= 4 is 38.3 Å². The Bertz CT molecular complexity index is 1770. The van der Waals surface area contributed by atoms with E-state index >= 15 is 0 Å². The second-order valence-corrected chi connectivity index (χ2v) is 10.7. The molecule has 178 valence electrons. The predicted molar refractivity (Wildman–Crippen MR) is 146 cm³/mol. The van der Waals surface area contributed by atoms with Gasteiger partial charge in [-0.05, 0) is 43.2 Å². The summed E-state index contributed by atoms with van der Waals surface area (Å²) in [5.41, 5.74) is 6.18. The molecule has 0 fully saturated rings. The molecule has 3 aromatic carbocycles. The van der Waals surface area contributed by atoms with Crippen LogP contribution in [0.4, 0.5) is 0 Å². The summed E-state index contributed by atoms with van der Waals surface area (Å²) in [6.45, 7) is 4.21. The molecule has 0 N–H and O–H groups in total. The molecule has 0 aliphatic rings. The number of para-hydroxylation sites is 1. The standard InChI is InChI=1S/C28H23N5OS2/c1-18-12-13-22(19(2)14-18)32-25(15-20-8-4-3-5-9-20)30-31-28(32)35-17-21-16-26(34)33-23-10-6-7-11-24(23)36-27(33)29-21/h3-14,16H,15,17H2,1-2H3. The Balaban J connectivity index is 1.37. The maximum absolute atomic E-state index is 12.9. The Morgan fingerprint density at radius 2 is 1.72 bits per heavy atom. The minimum absolute atomic E-state index is 0.0614. The van der Waals surface area contributed by atoms with E-state index in [0.29, 0.717) is 17.1 Å². The van der Waals surface area contributed by atoms with Gasteiger partial charge in [-0.3, -0.25) is 13.8 Å². The van der Waals surface area contributed by atoms with Crippen molar-refractivity contribution in [1.82, 2.24) is 24.1 Å². The van der Waals surface area contributed by atoms with Crippen molar-refractivity contribution in [3.8, 4) is 5.69 Å². The van der Waals surface area contributed by atoms with Gasteiger partial charge in [-0.2, -0.15) is 0 Å². The first-order valence-corrected chi connectivity index (χ1v) is 13.5. The molecule has 0 bridgehead atoms. The Hall–Kier alpha value is -3.75. The van der Waals surface area contributed by atoms with Crippen molar-refractivity contribution in [2.45, 2.75) is 31.2 Å². The van der Waals surface area contributed by atoms with Crippen molar-refractivity contribution in [2.75, 3.05) is 0 Å². The largest absolute Gasteiger partial charge is 0.273 e. The molecule has 0 amide bonds. The summed E-state index contributed by atoms with van der Waals surface area (Å²) in [6, 6.07) is 26.2. The second kappa shape index (κ2) is 9.37. The number of hydrogen-bond acceptors (Lipinski definition) is 6. The van der Waals surface area contributed by atoms with E-state index in [2.05, 4.69) is 58.9 Å². The molecule has 6 rings (SSSR count). The monoisotopic (exact) mass is 509 g/mol. The summed E-state index contributed by atoms with van der Waals surface area (Å²) in [7, 11) is 0. The molecular weight excluding hydrogens is 486 g/mol. The molecule has 0 saturated heterocycles. The topological polar surface area (TPSA) is 65.1 Å². The van der Waals surface area contributed by atoms with E-state index in [1.807, 2.05) is 42.5 Å². The van der Waals surface area contributed by atoms with Gasteiger partial charge in [0.15, 0.2) is 10.1 Å². The molecule has 6 aromatic rings. The number of rotatable bonds is 6. The van der Waals surface area contributed by atoms with E-state index in [9.17, 15) is 4.79 Å². The molecule has 0 atom stereocenters. The lowest BCUT2D eigenvalue weighted by atomic mass is 10.1. The zero-order chi connectivity index (χ0) is 24.6. The molecule has 0 spiro atoms. The van der Waals surface area contributed by atoms with Gasteiger partial charge in [0.25, 0.3) is 5.56 Å². The highest BCUT2D eigenvalue weighted by Gasteiger charge is 2.18. The number of nitrogens with zero attached hydrogens (tertiary/aromatic N) is 5. The maximum Gasteiger partial charge on any atom is 0.259 e. The van der Waals surface area contributed by atoms with Crippen LogP contribution in [-0.2, 0) is 12.2 Å². The van der Waals surface area contributed by atoms with Crippen molar-refractivity contribution in [3.05, 3.63) is 117 Å². The molecule has 36 heavy (non-hydrogen) atoms. The van der Waals surface area contributed by atoms with Crippen LogP contribution in [-0.4, -0.2) is 24.1 Å². The highest BCUT2D eigenvalue weighted by Crippen LogP contribution is 2.29. The molecule has 0 unspecified atom stereocenters. The lowest BCUT2D eigenvalue weighted by molar-refractivity contribution is 0.840. The average molecular weight is 510 g/mol. The molecule has 0 saturated carbocycles. The number of hydrogen-bond donors (Lipinski definition) is 0. The fraction of sp³-hybridized carbons (Fsp3) is 0.143. The van der Waals surface area contributed by atoms with Gasteiger partial charge >= 0.3 is 0 Å². The van der Waals surface area contributed by atoms with Gasteiger partial charge in [-0.1, -0.05) is 83.3 Å². The first-order valence-electron chi connectivity index (χ1n) is 11.7. The number of aryl methyl sites for hydroxylation is 2. The molecule has 3 heterocycles. The third kappa shape index (κ3) is 4.23. The smallest absolute Gasteiger partial charge is 0.259 e. The minimum Gasteiger partial charge on any atom is -0.273 e. The Labute approximate surface area is 216 Å². The van der Waals surface area contributed by atoms with Gasteiger partial charge in [0.1, 0.15) is 5.82 Å². The third-order valence-electron chi connectivity index (χ3n) is 6.10. The highest BCUT2D eigenvalue weighted by atomic mass is 32.2. The Morgan fingerprint density at radius 3 is 2.56 bits per heavy atom. The van der Waals surface area contributed by atoms with Crippen LogP contribution in [0.25, 0.3) is 20.9 Å². The van der Waals surface area contributed by atoms with Crippen LogP contribution in [0.2, 0.25) is 0 Å². The first-order chi connectivity index (χ1) is 17.6. The van der Waals surface area contributed by atoms with Crippen LogP contribution in [0, 0.1) is 13.8 Å². The van der Waals surface area contributed by atoms with Crippen molar-refractivity contribution in [3.63, 3.8) is 0 Å².